The van der Waals surface area contributed by atoms with Crippen molar-refractivity contribution < 1.29 is 18.3 Å². The van der Waals surface area contributed by atoms with Crippen LogP contribution < -0.4 is 20.1 Å². The molecule has 0 saturated carbocycles. The van der Waals surface area contributed by atoms with Gasteiger partial charge in [-0.05, 0) is 43.5 Å². The molecule has 9 nitrogen and oxygen atoms in total. The third kappa shape index (κ3) is 5.78. The number of piperazine rings is 1. The summed E-state index contributed by atoms with van der Waals surface area (Å²) in [6.45, 7) is 5.46. The smallest absolute Gasteiger partial charge is 0.225 e. The van der Waals surface area contributed by atoms with Gasteiger partial charge in [0.2, 0.25) is 11.8 Å². The van der Waals surface area contributed by atoms with E-state index in [9.17, 15) is 8.78 Å². The Balaban J connectivity index is 1.08. The van der Waals surface area contributed by atoms with E-state index < -0.39 is 11.6 Å². The fraction of sp³-hybridized carbons (Fsp3) is 0.323. The molecule has 2 aliphatic rings. The lowest BCUT2D eigenvalue weighted by molar-refractivity contribution is 0.233. The van der Waals surface area contributed by atoms with E-state index in [0.717, 1.165) is 61.2 Å². The maximum Gasteiger partial charge on any atom is 0.225 e. The van der Waals surface area contributed by atoms with Crippen LogP contribution in [0.15, 0.2) is 54.7 Å². The summed E-state index contributed by atoms with van der Waals surface area (Å²) in [5, 5.41) is 4.53. The third-order valence-electron chi connectivity index (χ3n) is 7.92. The Morgan fingerprint density at radius 1 is 1.10 bits per heavy atom. The molecule has 2 aliphatic heterocycles. The summed E-state index contributed by atoms with van der Waals surface area (Å²) >= 11 is 0. The minimum absolute atomic E-state index is 0.0965. The second-order valence-corrected chi connectivity index (χ2v) is 10.6. The molecule has 2 aromatic carbocycles. The Kier molecular flexibility index (Phi) is 7.75. The summed E-state index contributed by atoms with van der Waals surface area (Å²) in [6.07, 6.45) is 7.46. The number of anilines is 2. The summed E-state index contributed by atoms with van der Waals surface area (Å²) in [7, 11) is 1.63. The van der Waals surface area contributed by atoms with Crippen LogP contribution in [0, 0.1) is 18.6 Å². The first-order chi connectivity index (χ1) is 20.4. The summed E-state index contributed by atoms with van der Waals surface area (Å²) in [5.74, 6) is 0.794. The molecule has 1 fully saturated rings. The number of hydrogen-bond donors (Lipinski definition) is 1. The van der Waals surface area contributed by atoms with Crippen molar-refractivity contribution in [3.8, 4) is 17.4 Å². The molecular weight excluding hydrogens is 540 g/mol. The van der Waals surface area contributed by atoms with Gasteiger partial charge in [0.1, 0.15) is 24.0 Å². The summed E-state index contributed by atoms with van der Waals surface area (Å²) < 4.78 is 41.0. The number of nitrogens with zero attached hydrogens (tertiary/aromatic N) is 6. The van der Waals surface area contributed by atoms with Gasteiger partial charge in [-0.15, -0.1) is 0 Å². The molecule has 1 unspecified atom stereocenters. The molecule has 1 atom stereocenters. The van der Waals surface area contributed by atoms with E-state index >= 15 is 0 Å². The second-order valence-electron chi connectivity index (χ2n) is 10.6. The predicted molar refractivity (Wildman–Crippen MR) is 157 cm³/mol. The van der Waals surface area contributed by atoms with Crippen molar-refractivity contribution >= 4 is 17.7 Å². The van der Waals surface area contributed by atoms with Gasteiger partial charge in [-0.3, -0.25) is 4.90 Å². The first-order valence-corrected chi connectivity index (χ1v) is 14.0. The average Bonchev–Trinajstić information content (AvgIpc) is 3.35. The fourth-order valence-electron chi connectivity index (χ4n) is 5.69. The number of rotatable bonds is 8. The Bertz CT molecular complexity index is 1610. The summed E-state index contributed by atoms with van der Waals surface area (Å²) in [6, 6.07) is 12.0. The van der Waals surface area contributed by atoms with Crippen LogP contribution in [0.1, 0.15) is 28.8 Å². The molecule has 42 heavy (non-hydrogen) atoms. The molecule has 4 heterocycles. The first-order valence-electron chi connectivity index (χ1n) is 14.0. The van der Waals surface area contributed by atoms with E-state index in [2.05, 4.69) is 37.0 Å². The lowest BCUT2D eigenvalue weighted by Crippen LogP contribution is -2.55. The predicted octanol–water partition coefficient (Wildman–Crippen LogP) is 4.57. The Hall–Kier alpha value is -4.51. The van der Waals surface area contributed by atoms with Gasteiger partial charge in [-0.25, -0.2) is 13.5 Å². The van der Waals surface area contributed by atoms with E-state index in [4.69, 9.17) is 15.2 Å². The van der Waals surface area contributed by atoms with E-state index in [0.29, 0.717) is 36.0 Å². The van der Waals surface area contributed by atoms with Gasteiger partial charge in [-0.2, -0.15) is 15.1 Å². The zero-order valence-corrected chi connectivity index (χ0v) is 23.6. The van der Waals surface area contributed by atoms with Crippen LogP contribution in [-0.2, 0) is 13.0 Å². The van der Waals surface area contributed by atoms with Crippen LogP contribution in [0.4, 0.5) is 20.4 Å². The van der Waals surface area contributed by atoms with Crippen molar-refractivity contribution in [3.63, 3.8) is 0 Å². The molecule has 0 bridgehead atoms. The average molecular weight is 574 g/mol. The van der Waals surface area contributed by atoms with Gasteiger partial charge in [0.15, 0.2) is 5.82 Å². The summed E-state index contributed by atoms with van der Waals surface area (Å²) in [5.41, 5.74) is 10.2. The monoisotopic (exact) mass is 573 g/mol. The van der Waals surface area contributed by atoms with Crippen LogP contribution in [0.2, 0.25) is 0 Å². The first kappa shape index (κ1) is 27.6. The molecule has 4 aromatic rings. The van der Waals surface area contributed by atoms with Crippen LogP contribution in [0.25, 0.3) is 11.9 Å². The van der Waals surface area contributed by atoms with Gasteiger partial charge in [0.25, 0.3) is 0 Å². The third-order valence-corrected chi connectivity index (χ3v) is 7.92. The van der Waals surface area contributed by atoms with Gasteiger partial charge in [0, 0.05) is 61.2 Å². The van der Waals surface area contributed by atoms with Crippen molar-refractivity contribution in [2.75, 3.05) is 43.9 Å². The van der Waals surface area contributed by atoms with E-state index in [1.165, 1.54) is 6.07 Å². The molecule has 2 aromatic heterocycles. The molecule has 11 heteroatoms. The van der Waals surface area contributed by atoms with E-state index in [1.807, 2.05) is 31.2 Å². The lowest BCUT2D eigenvalue weighted by atomic mass is 9.93. The molecule has 1 saturated heterocycles. The number of benzene rings is 2. The molecule has 218 valence electrons. The molecular formula is C31H33F2N7O2. The Morgan fingerprint density at radius 2 is 1.93 bits per heavy atom. The van der Waals surface area contributed by atoms with Crippen LogP contribution in [-0.4, -0.2) is 64.0 Å². The number of nitrogen functional groups attached to an aromatic ring is 1. The highest BCUT2D eigenvalue weighted by atomic mass is 19.1. The topological polar surface area (TPSA) is 94.6 Å². The molecule has 0 radical (unpaired) electrons. The zero-order valence-electron chi connectivity index (χ0n) is 23.6. The number of aromatic nitrogens is 4. The Labute approximate surface area is 243 Å². The SMILES string of the molecule is COc1ccc(COc2cc(-n3ncc(C=CCN4CCN5c6cc(F)cc(F)c6CCC5C4)c3C)nc(N)n2)cc1. The van der Waals surface area contributed by atoms with Crippen molar-refractivity contribution in [1.82, 2.24) is 24.6 Å². The largest absolute Gasteiger partial charge is 0.497 e. The van der Waals surface area contributed by atoms with Gasteiger partial charge in [0.05, 0.1) is 19.0 Å². The number of ether oxygens (including phenoxy) is 2. The molecule has 0 spiro atoms. The van der Waals surface area contributed by atoms with Crippen LogP contribution in [0.3, 0.4) is 0 Å². The zero-order chi connectivity index (χ0) is 29.2. The molecule has 2 N–H and O–H groups in total. The van der Waals surface area contributed by atoms with Gasteiger partial charge in [-0.1, -0.05) is 24.3 Å². The highest BCUT2D eigenvalue weighted by Crippen LogP contribution is 2.35. The number of fused-ring (bicyclic) bond motifs is 3. The minimum atomic E-state index is -0.518. The fourth-order valence-corrected chi connectivity index (χ4v) is 5.69. The summed E-state index contributed by atoms with van der Waals surface area (Å²) in [4.78, 5) is 13.1. The molecule has 0 amide bonds. The number of methoxy groups -OCH3 is 1. The quantitative estimate of drug-likeness (QED) is 0.328. The number of nitrogens with two attached hydrogens (primary N) is 1. The van der Waals surface area contributed by atoms with Crippen molar-refractivity contribution in [1.29, 1.82) is 0 Å². The van der Waals surface area contributed by atoms with Gasteiger partial charge < -0.3 is 20.1 Å². The van der Waals surface area contributed by atoms with Crippen molar-refractivity contribution in [3.05, 3.63) is 88.8 Å². The van der Waals surface area contributed by atoms with Crippen molar-refractivity contribution in [2.45, 2.75) is 32.4 Å². The minimum Gasteiger partial charge on any atom is -0.497 e. The second kappa shape index (κ2) is 11.8. The standard InChI is InChI=1S/C31H33F2N7O2/c1-20-22(4-3-11-38-12-13-39-24(18-38)7-10-26-27(33)14-23(32)15-28(26)39)17-35-40(20)29-16-30(37-31(34)36-29)42-19-21-5-8-25(41-2)9-6-21/h3-6,8-9,14-17,24H,7,10-13,18-19H2,1-2H3,(H2,34,36,37). The lowest BCUT2D eigenvalue weighted by Gasteiger charge is -2.46. The maximum absolute atomic E-state index is 14.3. The highest BCUT2D eigenvalue weighted by Gasteiger charge is 2.33. The van der Waals surface area contributed by atoms with E-state index in [-0.39, 0.29) is 12.0 Å². The Morgan fingerprint density at radius 3 is 2.74 bits per heavy atom. The van der Waals surface area contributed by atoms with Crippen LogP contribution in [0.5, 0.6) is 11.6 Å². The van der Waals surface area contributed by atoms with Gasteiger partial charge >= 0.3 is 0 Å². The van der Waals surface area contributed by atoms with Crippen LogP contribution >= 0.6 is 0 Å². The normalized spacial score (nSPS) is 16.9. The number of halogens is 2. The number of hydrogen-bond acceptors (Lipinski definition) is 8. The van der Waals surface area contributed by atoms with Crippen molar-refractivity contribution in [2.24, 2.45) is 0 Å². The highest BCUT2D eigenvalue weighted by molar-refractivity contribution is 5.58. The van der Waals surface area contributed by atoms with E-state index in [1.54, 1.807) is 24.1 Å². The maximum atomic E-state index is 14.3. The molecule has 6 rings (SSSR count). The molecule has 0 aliphatic carbocycles.